The van der Waals surface area contributed by atoms with Gasteiger partial charge in [-0.2, -0.15) is 0 Å². The van der Waals surface area contributed by atoms with Gasteiger partial charge in [-0.05, 0) is 31.0 Å². The summed E-state index contributed by atoms with van der Waals surface area (Å²) < 4.78 is 15.4. The third-order valence-corrected chi connectivity index (χ3v) is 6.04. The molecule has 30 heavy (non-hydrogen) atoms. The maximum Gasteiger partial charge on any atom is 0.338 e. The minimum atomic E-state index is -0.671. The first kappa shape index (κ1) is 22.0. The number of methoxy groups -OCH3 is 1. The van der Waals surface area contributed by atoms with E-state index in [-0.39, 0.29) is 24.4 Å². The molecule has 2 aliphatic heterocycles. The number of hydrogen-bond acceptors (Lipinski definition) is 8. The highest BCUT2D eigenvalue weighted by Gasteiger charge is 2.47. The van der Waals surface area contributed by atoms with E-state index < -0.39 is 18.0 Å². The SMILES string of the molecule is CC[C@@H]1SC2=NC(C)=C(C(=O)OCCOC)[C@H](c3ccc(OC(C)=O)cc3)N2C1=O. The third kappa shape index (κ3) is 4.41. The molecule has 2 aliphatic rings. The highest BCUT2D eigenvalue weighted by Crippen LogP contribution is 2.44. The van der Waals surface area contributed by atoms with Gasteiger partial charge in [-0.3, -0.25) is 14.5 Å². The predicted molar refractivity (Wildman–Crippen MR) is 112 cm³/mol. The highest BCUT2D eigenvalue weighted by atomic mass is 32.2. The van der Waals surface area contributed by atoms with Gasteiger partial charge in [0.25, 0.3) is 0 Å². The quantitative estimate of drug-likeness (QED) is 0.371. The Bertz CT molecular complexity index is 909. The Morgan fingerprint density at radius 1 is 1.20 bits per heavy atom. The molecule has 0 N–H and O–H groups in total. The second-order valence-corrected chi connectivity index (χ2v) is 7.98. The van der Waals surface area contributed by atoms with Gasteiger partial charge >= 0.3 is 11.9 Å². The highest BCUT2D eigenvalue weighted by molar-refractivity contribution is 8.15. The number of nitrogens with zero attached hydrogens (tertiary/aromatic N) is 2. The minimum Gasteiger partial charge on any atom is -0.460 e. The van der Waals surface area contributed by atoms with Crippen LogP contribution in [0, 0.1) is 0 Å². The number of amides is 1. The van der Waals surface area contributed by atoms with Crippen LogP contribution in [0.2, 0.25) is 0 Å². The van der Waals surface area contributed by atoms with Gasteiger partial charge in [0.05, 0.1) is 29.2 Å². The summed E-state index contributed by atoms with van der Waals surface area (Å²) in [4.78, 5) is 43.3. The van der Waals surface area contributed by atoms with Crippen LogP contribution in [-0.2, 0) is 23.9 Å². The Labute approximate surface area is 179 Å². The van der Waals surface area contributed by atoms with Crippen molar-refractivity contribution in [2.45, 2.75) is 38.5 Å². The lowest BCUT2D eigenvalue weighted by Crippen LogP contribution is -2.40. The van der Waals surface area contributed by atoms with Crippen molar-refractivity contribution in [1.82, 2.24) is 4.90 Å². The number of rotatable bonds is 7. The molecule has 1 aromatic rings. The molecule has 1 aromatic carbocycles. The summed E-state index contributed by atoms with van der Waals surface area (Å²) in [6.07, 6.45) is 0.657. The van der Waals surface area contributed by atoms with Crippen molar-refractivity contribution < 1.29 is 28.6 Å². The van der Waals surface area contributed by atoms with E-state index in [2.05, 4.69) is 4.99 Å². The van der Waals surface area contributed by atoms with Crippen molar-refractivity contribution in [3.05, 3.63) is 41.1 Å². The molecule has 2 heterocycles. The molecule has 0 bridgehead atoms. The third-order valence-electron chi connectivity index (χ3n) is 4.72. The first-order valence-corrected chi connectivity index (χ1v) is 10.5. The van der Waals surface area contributed by atoms with Crippen molar-refractivity contribution >= 4 is 34.8 Å². The fourth-order valence-corrected chi connectivity index (χ4v) is 4.48. The Balaban J connectivity index is 2.01. The van der Waals surface area contributed by atoms with Gasteiger partial charge in [-0.1, -0.05) is 30.8 Å². The first-order valence-electron chi connectivity index (χ1n) is 9.61. The maximum absolute atomic E-state index is 13.1. The number of carbonyl (C=O) groups is 3. The fraction of sp³-hybridized carbons (Fsp3) is 0.429. The number of amidine groups is 1. The van der Waals surface area contributed by atoms with Crippen molar-refractivity contribution in [2.24, 2.45) is 4.99 Å². The van der Waals surface area contributed by atoms with Gasteiger partial charge in [0, 0.05) is 14.0 Å². The molecule has 8 nitrogen and oxygen atoms in total. The second kappa shape index (κ2) is 9.44. The summed E-state index contributed by atoms with van der Waals surface area (Å²) >= 11 is 1.40. The largest absolute Gasteiger partial charge is 0.460 e. The van der Waals surface area contributed by atoms with Crippen LogP contribution in [0.1, 0.15) is 38.8 Å². The van der Waals surface area contributed by atoms with E-state index in [9.17, 15) is 14.4 Å². The molecule has 0 spiro atoms. The number of benzene rings is 1. The van der Waals surface area contributed by atoms with E-state index in [1.807, 2.05) is 6.92 Å². The number of fused-ring (bicyclic) bond motifs is 1. The Kier molecular flexibility index (Phi) is 6.94. The molecule has 9 heteroatoms. The molecule has 1 amide bonds. The maximum atomic E-state index is 13.1. The van der Waals surface area contributed by atoms with Gasteiger partial charge in [0.2, 0.25) is 5.91 Å². The molecule has 0 aliphatic carbocycles. The number of thioether (sulfide) groups is 1. The zero-order valence-corrected chi connectivity index (χ0v) is 18.2. The number of ether oxygens (including phenoxy) is 3. The Hall–Kier alpha value is -2.65. The van der Waals surface area contributed by atoms with Crippen molar-refractivity contribution in [3.63, 3.8) is 0 Å². The van der Waals surface area contributed by atoms with E-state index in [1.165, 1.54) is 25.8 Å². The smallest absolute Gasteiger partial charge is 0.338 e. The van der Waals surface area contributed by atoms with Crippen LogP contribution >= 0.6 is 11.8 Å². The van der Waals surface area contributed by atoms with Crippen LogP contribution in [0.25, 0.3) is 0 Å². The Morgan fingerprint density at radius 2 is 1.90 bits per heavy atom. The predicted octanol–water partition coefficient (Wildman–Crippen LogP) is 2.84. The van der Waals surface area contributed by atoms with Crippen LogP contribution in [-0.4, -0.2) is 53.5 Å². The van der Waals surface area contributed by atoms with E-state index in [4.69, 9.17) is 14.2 Å². The van der Waals surface area contributed by atoms with Gasteiger partial charge in [0.1, 0.15) is 12.4 Å². The van der Waals surface area contributed by atoms with Crippen molar-refractivity contribution in [1.29, 1.82) is 0 Å². The average Bonchev–Trinajstić information content (AvgIpc) is 3.02. The van der Waals surface area contributed by atoms with Crippen LogP contribution in [0.4, 0.5) is 0 Å². The first-order chi connectivity index (χ1) is 14.4. The molecule has 1 fully saturated rings. The number of carbonyl (C=O) groups excluding carboxylic acids is 3. The van der Waals surface area contributed by atoms with E-state index in [0.29, 0.717) is 34.2 Å². The standard InChI is InChI=1S/C21H24N2O6S/c1-5-16-19(25)23-18(14-6-8-15(9-7-14)29-13(3)24)17(12(2)22-21(23)30-16)20(26)28-11-10-27-4/h6-9,16,18H,5,10-11H2,1-4H3/t16-,18-/m0/s1. The average molecular weight is 432 g/mol. The topological polar surface area (TPSA) is 94.5 Å². The molecule has 0 saturated carbocycles. The summed E-state index contributed by atoms with van der Waals surface area (Å²) in [5.74, 6) is -0.677. The molecular weight excluding hydrogens is 408 g/mol. The summed E-state index contributed by atoms with van der Waals surface area (Å²) in [7, 11) is 1.52. The van der Waals surface area contributed by atoms with E-state index in [0.717, 1.165) is 0 Å². The van der Waals surface area contributed by atoms with Gasteiger partial charge in [-0.25, -0.2) is 9.79 Å². The molecule has 0 radical (unpaired) electrons. The monoisotopic (exact) mass is 432 g/mol. The van der Waals surface area contributed by atoms with Gasteiger partial charge in [-0.15, -0.1) is 0 Å². The molecular formula is C21H24N2O6S. The number of allylic oxidation sites excluding steroid dienone is 1. The molecule has 3 rings (SSSR count). The lowest BCUT2D eigenvalue weighted by Gasteiger charge is -2.33. The summed E-state index contributed by atoms with van der Waals surface area (Å²) in [6.45, 7) is 5.37. The number of aliphatic imine (C=N–C) groups is 1. The van der Waals surface area contributed by atoms with Crippen LogP contribution in [0.15, 0.2) is 40.5 Å². The van der Waals surface area contributed by atoms with E-state index >= 15 is 0 Å². The number of esters is 2. The fourth-order valence-electron chi connectivity index (χ4n) is 3.34. The van der Waals surface area contributed by atoms with Crippen molar-refractivity contribution in [2.75, 3.05) is 20.3 Å². The number of hydrogen-bond donors (Lipinski definition) is 0. The zero-order chi connectivity index (χ0) is 21.8. The normalized spacial score (nSPS) is 20.7. The molecule has 160 valence electrons. The summed E-state index contributed by atoms with van der Waals surface area (Å²) in [5.41, 5.74) is 1.51. The van der Waals surface area contributed by atoms with Crippen molar-refractivity contribution in [3.8, 4) is 5.75 Å². The van der Waals surface area contributed by atoms with E-state index in [1.54, 1.807) is 36.1 Å². The lowest BCUT2D eigenvalue weighted by atomic mass is 9.94. The van der Waals surface area contributed by atoms with Gasteiger partial charge in [0.15, 0.2) is 5.17 Å². The second-order valence-electron chi connectivity index (χ2n) is 6.81. The summed E-state index contributed by atoms with van der Waals surface area (Å²) in [5, 5.41) is 0.329. The van der Waals surface area contributed by atoms with Crippen LogP contribution in [0.3, 0.4) is 0 Å². The molecule has 2 atom stereocenters. The lowest BCUT2D eigenvalue weighted by molar-refractivity contribution is -0.141. The zero-order valence-electron chi connectivity index (χ0n) is 17.3. The molecule has 0 unspecified atom stereocenters. The molecule has 1 saturated heterocycles. The van der Waals surface area contributed by atoms with Crippen LogP contribution in [0.5, 0.6) is 5.75 Å². The summed E-state index contributed by atoms with van der Waals surface area (Å²) in [6, 6.07) is 6.07. The van der Waals surface area contributed by atoms with Crippen LogP contribution < -0.4 is 4.74 Å². The minimum absolute atomic E-state index is 0.0926. The van der Waals surface area contributed by atoms with Gasteiger partial charge < -0.3 is 14.2 Å². The molecule has 0 aromatic heterocycles. The Morgan fingerprint density at radius 3 is 2.50 bits per heavy atom.